The van der Waals surface area contributed by atoms with Gasteiger partial charge in [-0.25, -0.2) is 4.99 Å². The highest BCUT2D eigenvalue weighted by Crippen LogP contribution is 2.32. The number of nitrogens with one attached hydrogen (secondary N) is 1. The van der Waals surface area contributed by atoms with Gasteiger partial charge < -0.3 is 10.5 Å². The summed E-state index contributed by atoms with van der Waals surface area (Å²) in [6.07, 6.45) is -1.88. The molecule has 0 aromatic heterocycles. The van der Waals surface area contributed by atoms with Crippen molar-refractivity contribution >= 4 is 64.2 Å². The van der Waals surface area contributed by atoms with Crippen molar-refractivity contribution in [1.29, 1.82) is 0 Å². The second-order valence-electron chi connectivity index (χ2n) is 7.58. The molecule has 38 heavy (non-hydrogen) atoms. The first-order chi connectivity index (χ1) is 18.2. The second-order valence-corrected chi connectivity index (χ2v) is 8.93. The Morgan fingerprint density at radius 1 is 1.08 bits per heavy atom. The minimum atomic E-state index is -4.75. The summed E-state index contributed by atoms with van der Waals surface area (Å²) in [7, 11) is 0. The van der Waals surface area contributed by atoms with Crippen LogP contribution in [0.3, 0.4) is 0 Å². The average molecular weight is 560 g/mol. The van der Waals surface area contributed by atoms with Gasteiger partial charge in [0.25, 0.3) is 0 Å². The monoisotopic (exact) mass is 559 g/mol. The molecule has 0 aliphatic carbocycles. The molecule has 1 saturated heterocycles. The van der Waals surface area contributed by atoms with Gasteiger partial charge in [0.2, 0.25) is 18.1 Å². The minimum absolute atomic E-state index is 0.129. The molecule has 194 valence electrons. The quantitative estimate of drug-likeness (QED) is 0.260. The van der Waals surface area contributed by atoms with Gasteiger partial charge in [0.05, 0.1) is 22.7 Å². The van der Waals surface area contributed by atoms with E-state index in [1.807, 2.05) is 0 Å². The van der Waals surface area contributed by atoms with Crippen molar-refractivity contribution in [1.82, 2.24) is 0 Å². The maximum atomic E-state index is 12.3. The van der Waals surface area contributed by atoms with E-state index in [0.717, 1.165) is 17.7 Å². The lowest BCUT2D eigenvalue weighted by Crippen LogP contribution is -2.74. The molecular weight excluding hydrogens is 541 g/mol. The average Bonchev–Trinajstić information content (AvgIpc) is 3.24. The number of amidine groups is 2. The Morgan fingerprint density at radius 2 is 1.79 bits per heavy atom. The highest BCUT2D eigenvalue weighted by molar-refractivity contribution is 8.15. The summed E-state index contributed by atoms with van der Waals surface area (Å²) < 4.78 is 40.5. The lowest BCUT2D eigenvalue weighted by atomic mass is 10.1. The van der Waals surface area contributed by atoms with Crippen LogP contribution in [0, 0.1) is 0 Å². The molecule has 3 aromatic carbocycles. The minimum Gasteiger partial charge on any atom is -0.406 e. The number of nitrogen functional groups attached to an aromatic ring is 1. The third-order valence-electron chi connectivity index (χ3n) is 4.93. The molecule has 3 N–H and O–H groups in total. The molecule has 0 radical (unpaired) electrons. The highest BCUT2D eigenvalue weighted by atomic mass is 35.5. The number of hydrogen-bond donors (Lipinski definition) is 2. The predicted molar refractivity (Wildman–Crippen MR) is 143 cm³/mol. The van der Waals surface area contributed by atoms with Crippen molar-refractivity contribution in [3.8, 4) is 5.75 Å². The van der Waals surface area contributed by atoms with E-state index in [2.05, 4.69) is 24.9 Å². The van der Waals surface area contributed by atoms with E-state index in [-0.39, 0.29) is 17.4 Å². The molecule has 0 unspecified atom stereocenters. The molecule has 8 nitrogen and oxygen atoms in total. The number of para-hydroxylation sites is 1. The van der Waals surface area contributed by atoms with Gasteiger partial charge in [-0.1, -0.05) is 47.6 Å². The van der Waals surface area contributed by atoms with Crippen LogP contribution in [0.5, 0.6) is 5.75 Å². The van der Waals surface area contributed by atoms with Crippen molar-refractivity contribution in [2.75, 3.05) is 10.7 Å². The summed E-state index contributed by atoms with van der Waals surface area (Å²) in [4.78, 5) is 20.7. The first kappa shape index (κ1) is 26.9. The fraction of sp³-hybridized carbons (Fsp3) is 0.0800. The van der Waals surface area contributed by atoms with Crippen molar-refractivity contribution < 1.29 is 27.7 Å². The number of anilines is 1. The number of carbonyl (C=O) groups is 1. The predicted octanol–water partition coefficient (Wildman–Crippen LogP) is 3.85. The lowest BCUT2D eigenvalue weighted by Gasteiger charge is -2.16. The van der Waals surface area contributed by atoms with Crippen LogP contribution in [-0.4, -0.2) is 41.6 Å². The molecule has 1 amide bonds. The normalized spacial score (nSPS) is 15.8. The number of nitrogens with two attached hydrogens (primary N) is 1. The summed E-state index contributed by atoms with van der Waals surface area (Å²) in [5, 5.41) is 9.17. The summed E-state index contributed by atoms with van der Waals surface area (Å²) in [5.74, 6) is 0.0953. The number of carbonyl (C=O) groups excluding carboxylic acids is 1. The Labute approximate surface area is 224 Å². The number of aliphatic imine (C=N–C) groups is 1. The molecule has 13 heteroatoms. The van der Waals surface area contributed by atoms with Gasteiger partial charge in [-0.05, 0) is 54.1 Å². The fourth-order valence-electron chi connectivity index (χ4n) is 3.19. The molecule has 1 aliphatic heterocycles. The Kier molecular flexibility index (Phi) is 8.44. The van der Waals surface area contributed by atoms with E-state index in [1.54, 1.807) is 54.7 Å². The number of nitrogens with zero attached hydrogens (tertiary/aromatic N) is 4. The standard InChI is InChI=1S/C25H18ClF3N6O2S/c26-20-3-1-2-4-21(20)35-22(36)14-38-24(35)34-33-13-16-5-7-17(8-6-16)23(30)32-15-31-18-9-11-19(12-10-18)37-25(27,28)29/h1-13,15H,14H2,(H2,30,31,32)/p+1/b33-13+,34-24-. The number of ether oxygens (including phenoxy) is 1. The van der Waals surface area contributed by atoms with Crippen LogP contribution in [-0.2, 0) is 4.79 Å². The Hall–Kier alpha value is -4.16. The topological polar surface area (TPSA) is 107 Å². The van der Waals surface area contributed by atoms with Gasteiger partial charge in [0.15, 0.2) is 5.17 Å². The van der Waals surface area contributed by atoms with Crippen LogP contribution in [0.2, 0.25) is 5.02 Å². The highest BCUT2D eigenvalue weighted by Gasteiger charge is 2.31. The third-order valence-corrected chi connectivity index (χ3v) is 6.17. The van der Waals surface area contributed by atoms with Gasteiger partial charge in [-0.15, -0.1) is 23.3 Å². The Morgan fingerprint density at radius 3 is 2.47 bits per heavy atom. The number of hydrogen-bond acceptors (Lipinski definition) is 6. The molecule has 0 atom stereocenters. The van der Waals surface area contributed by atoms with Crippen molar-refractivity contribution in [2.24, 2.45) is 20.9 Å². The van der Waals surface area contributed by atoms with Gasteiger partial charge >= 0.3 is 6.36 Å². The van der Waals surface area contributed by atoms with E-state index in [4.69, 9.17) is 17.3 Å². The van der Waals surface area contributed by atoms with E-state index < -0.39 is 6.36 Å². The van der Waals surface area contributed by atoms with Crippen molar-refractivity contribution in [3.05, 3.63) is 88.9 Å². The number of benzene rings is 3. The zero-order valence-electron chi connectivity index (χ0n) is 19.4. The van der Waals surface area contributed by atoms with E-state index in [1.165, 1.54) is 35.1 Å². The maximum absolute atomic E-state index is 12.3. The molecule has 1 heterocycles. The van der Waals surface area contributed by atoms with Crippen LogP contribution >= 0.6 is 23.4 Å². The van der Waals surface area contributed by atoms with E-state index in [0.29, 0.717) is 33.0 Å². The molecule has 4 rings (SSSR count). The molecule has 0 bridgehead atoms. The number of alkyl halides is 3. The molecular formula is C25H19ClF3N6O2S+. The maximum Gasteiger partial charge on any atom is 0.573 e. The van der Waals surface area contributed by atoms with Gasteiger partial charge in [0.1, 0.15) is 11.4 Å². The third kappa shape index (κ3) is 7.20. The molecule has 0 saturated carbocycles. The van der Waals surface area contributed by atoms with Crippen LogP contribution < -0.4 is 20.4 Å². The molecule has 3 aromatic rings. The zero-order valence-corrected chi connectivity index (χ0v) is 21.0. The Balaban J connectivity index is 1.38. The molecule has 0 spiro atoms. The van der Waals surface area contributed by atoms with Gasteiger partial charge in [0, 0.05) is 5.56 Å². The number of amides is 1. The van der Waals surface area contributed by atoms with E-state index in [9.17, 15) is 18.0 Å². The number of thioether (sulfide) groups is 1. The van der Waals surface area contributed by atoms with Crippen LogP contribution in [0.25, 0.3) is 0 Å². The SMILES string of the molecule is NC(=[NH+]C=Nc1ccc(OC(F)(F)F)cc1)c1ccc(/C=N/N=C2\SCC(=O)N2c2ccccc2Cl)cc1. The summed E-state index contributed by atoms with van der Waals surface area (Å²) >= 11 is 7.51. The summed E-state index contributed by atoms with van der Waals surface area (Å²) in [6, 6.07) is 19.2. The van der Waals surface area contributed by atoms with Crippen molar-refractivity contribution in [3.63, 3.8) is 0 Å². The fourth-order valence-corrected chi connectivity index (χ4v) is 4.23. The van der Waals surface area contributed by atoms with Crippen LogP contribution in [0.1, 0.15) is 11.1 Å². The smallest absolute Gasteiger partial charge is 0.406 e. The number of halogens is 4. The zero-order chi connectivity index (χ0) is 27.1. The lowest BCUT2D eigenvalue weighted by molar-refractivity contribution is -0.303. The molecule has 1 aliphatic rings. The van der Waals surface area contributed by atoms with Gasteiger partial charge in [-0.2, -0.15) is 5.10 Å². The van der Waals surface area contributed by atoms with Crippen LogP contribution in [0.4, 0.5) is 24.5 Å². The van der Waals surface area contributed by atoms with Crippen molar-refractivity contribution in [2.45, 2.75) is 6.36 Å². The first-order valence-corrected chi connectivity index (χ1v) is 12.2. The number of rotatable bonds is 7. The second kappa shape index (κ2) is 11.9. The largest absolute Gasteiger partial charge is 0.573 e. The summed E-state index contributed by atoms with van der Waals surface area (Å²) in [5.41, 5.74) is 8.43. The first-order valence-electron chi connectivity index (χ1n) is 10.9. The van der Waals surface area contributed by atoms with Crippen LogP contribution in [0.15, 0.2) is 88.0 Å². The summed E-state index contributed by atoms with van der Waals surface area (Å²) in [6.45, 7) is 0. The molecule has 1 fully saturated rings. The van der Waals surface area contributed by atoms with E-state index >= 15 is 0 Å². The Bertz CT molecular complexity index is 1420. The van der Waals surface area contributed by atoms with Gasteiger partial charge in [-0.3, -0.25) is 9.69 Å².